The molecule has 3 rings (SSSR count). The van der Waals surface area contributed by atoms with Crippen molar-refractivity contribution < 1.29 is 12.9 Å². The first kappa shape index (κ1) is 14.3. The second-order valence-electron chi connectivity index (χ2n) is 5.50. The number of benzene rings is 1. The van der Waals surface area contributed by atoms with Gasteiger partial charge in [0.1, 0.15) is 6.26 Å². The van der Waals surface area contributed by atoms with Crippen molar-refractivity contribution in [3.05, 3.63) is 36.2 Å². The Hall–Kier alpha value is -1.66. The molecular weight excluding hydrogens is 288 g/mol. The summed E-state index contributed by atoms with van der Waals surface area (Å²) in [6.45, 7) is 1.81. The van der Waals surface area contributed by atoms with E-state index in [1.54, 1.807) is 19.2 Å². The highest BCUT2D eigenvalue weighted by Gasteiger charge is 2.24. The van der Waals surface area contributed by atoms with E-state index in [-0.39, 0.29) is 6.04 Å². The van der Waals surface area contributed by atoms with Crippen molar-refractivity contribution in [3.8, 4) is 11.1 Å². The maximum Gasteiger partial charge on any atom is 0.241 e. The van der Waals surface area contributed by atoms with Crippen LogP contribution in [0.15, 0.2) is 40.1 Å². The quantitative estimate of drug-likeness (QED) is 0.942. The molecule has 0 amide bonds. The number of aromatic nitrogens is 1. The first-order chi connectivity index (χ1) is 10.1. The van der Waals surface area contributed by atoms with Gasteiger partial charge in [-0.1, -0.05) is 30.1 Å². The molecule has 1 saturated carbocycles. The van der Waals surface area contributed by atoms with Gasteiger partial charge in [-0.2, -0.15) is 0 Å². The van der Waals surface area contributed by atoms with E-state index in [1.165, 1.54) is 6.26 Å². The summed E-state index contributed by atoms with van der Waals surface area (Å²) in [5, 5.41) is 3.66. The van der Waals surface area contributed by atoms with E-state index >= 15 is 0 Å². The van der Waals surface area contributed by atoms with Crippen LogP contribution in [0.3, 0.4) is 0 Å². The van der Waals surface area contributed by atoms with Gasteiger partial charge in [-0.3, -0.25) is 0 Å². The predicted molar refractivity (Wildman–Crippen MR) is 79.3 cm³/mol. The lowest BCUT2D eigenvalue weighted by atomic mass is 10.1. The number of aryl methyl sites for hydroxylation is 1. The smallest absolute Gasteiger partial charge is 0.241 e. The minimum atomic E-state index is -3.49. The van der Waals surface area contributed by atoms with E-state index in [4.69, 9.17) is 4.52 Å². The molecule has 0 saturated heterocycles. The molecule has 1 aromatic carbocycles. The number of nitrogens with one attached hydrogen (secondary N) is 1. The van der Waals surface area contributed by atoms with E-state index in [0.717, 1.165) is 42.4 Å². The third kappa shape index (κ3) is 3.01. The lowest BCUT2D eigenvalue weighted by Crippen LogP contribution is -2.33. The van der Waals surface area contributed by atoms with Gasteiger partial charge in [0.15, 0.2) is 0 Å². The van der Waals surface area contributed by atoms with Crippen LogP contribution in [-0.4, -0.2) is 19.6 Å². The minimum absolute atomic E-state index is 0.0636. The molecule has 1 aliphatic rings. The Morgan fingerprint density at radius 1 is 1.24 bits per heavy atom. The standard InChI is InChI=1S/C15H18N2O3S/c1-11-6-7-12(13-9-16-20-10-13)8-15(11)21(18,19)17-14-4-2-3-5-14/h6-10,14,17H,2-5H2,1H3. The summed E-state index contributed by atoms with van der Waals surface area (Å²) in [5.74, 6) is 0. The molecule has 1 aromatic heterocycles. The SMILES string of the molecule is Cc1ccc(-c2cnoc2)cc1S(=O)(=O)NC1CCCC1. The Morgan fingerprint density at radius 2 is 2.00 bits per heavy atom. The van der Waals surface area contributed by atoms with Crippen LogP contribution in [0.1, 0.15) is 31.2 Å². The van der Waals surface area contributed by atoms with Crippen molar-refractivity contribution in [2.24, 2.45) is 0 Å². The number of nitrogens with zero attached hydrogens (tertiary/aromatic N) is 1. The highest BCUT2D eigenvalue weighted by molar-refractivity contribution is 7.89. The summed E-state index contributed by atoms with van der Waals surface area (Å²) >= 11 is 0. The van der Waals surface area contributed by atoms with Crippen LogP contribution < -0.4 is 4.72 Å². The molecule has 1 heterocycles. The fraction of sp³-hybridized carbons (Fsp3) is 0.400. The van der Waals surface area contributed by atoms with Crippen molar-refractivity contribution in [1.29, 1.82) is 0 Å². The second-order valence-corrected chi connectivity index (χ2v) is 7.18. The zero-order chi connectivity index (χ0) is 14.9. The maximum atomic E-state index is 12.6. The first-order valence-corrected chi connectivity index (χ1v) is 8.57. The fourth-order valence-corrected chi connectivity index (χ4v) is 4.32. The van der Waals surface area contributed by atoms with Gasteiger partial charge in [-0.05, 0) is 37.0 Å². The molecule has 1 N–H and O–H groups in total. The molecule has 1 aliphatic carbocycles. The molecule has 21 heavy (non-hydrogen) atoms. The van der Waals surface area contributed by atoms with Gasteiger partial charge in [-0.15, -0.1) is 0 Å². The molecular formula is C15H18N2O3S. The molecule has 0 radical (unpaired) electrons. The average molecular weight is 306 g/mol. The van der Waals surface area contributed by atoms with Gasteiger partial charge in [0.25, 0.3) is 0 Å². The van der Waals surface area contributed by atoms with E-state index in [1.807, 2.05) is 12.1 Å². The van der Waals surface area contributed by atoms with Gasteiger partial charge < -0.3 is 4.52 Å². The molecule has 112 valence electrons. The van der Waals surface area contributed by atoms with Crippen molar-refractivity contribution >= 4 is 10.0 Å². The number of rotatable bonds is 4. The molecule has 1 fully saturated rings. The van der Waals surface area contributed by atoms with Crippen molar-refractivity contribution in [2.45, 2.75) is 43.5 Å². The molecule has 0 aliphatic heterocycles. The molecule has 0 unspecified atom stereocenters. The van der Waals surface area contributed by atoms with E-state index < -0.39 is 10.0 Å². The summed E-state index contributed by atoms with van der Waals surface area (Å²) in [7, 11) is -3.49. The van der Waals surface area contributed by atoms with Crippen molar-refractivity contribution in [3.63, 3.8) is 0 Å². The highest BCUT2D eigenvalue weighted by atomic mass is 32.2. The maximum absolute atomic E-state index is 12.6. The van der Waals surface area contributed by atoms with Gasteiger partial charge in [0.2, 0.25) is 10.0 Å². The van der Waals surface area contributed by atoms with Gasteiger partial charge in [0.05, 0.1) is 11.1 Å². The van der Waals surface area contributed by atoms with Gasteiger partial charge in [-0.25, -0.2) is 13.1 Å². The molecule has 2 aromatic rings. The summed E-state index contributed by atoms with van der Waals surface area (Å²) in [6.07, 6.45) is 7.10. The number of sulfonamides is 1. The van der Waals surface area contributed by atoms with Crippen LogP contribution in [0, 0.1) is 6.92 Å². The number of hydrogen-bond donors (Lipinski definition) is 1. The monoisotopic (exact) mass is 306 g/mol. The Kier molecular flexibility index (Phi) is 3.82. The van der Waals surface area contributed by atoms with Crippen LogP contribution in [0.5, 0.6) is 0 Å². The third-order valence-electron chi connectivity index (χ3n) is 3.92. The topological polar surface area (TPSA) is 72.2 Å². The number of hydrogen-bond acceptors (Lipinski definition) is 4. The average Bonchev–Trinajstić information content (AvgIpc) is 3.11. The van der Waals surface area contributed by atoms with Gasteiger partial charge >= 0.3 is 0 Å². The predicted octanol–water partition coefficient (Wildman–Crippen LogP) is 2.87. The molecule has 5 nitrogen and oxygen atoms in total. The minimum Gasteiger partial charge on any atom is -0.364 e. The molecule has 0 atom stereocenters. The third-order valence-corrected chi connectivity index (χ3v) is 5.58. The zero-order valence-electron chi connectivity index (χ0n) is 11.9. The first-order valence-electron chi connectivity index (χ1n) is 7.09. The van der Waals surface area contributed by atoms with Crippen LogP contribution in [0.2, 0.25) is 0 Å². The van der Waals surface area contributed by atoms with E-state index in [2.05, 4.69) is 9.88 Å². The lowest BCUT2D eigenvalue weighted by molar-refractivity contribution is 0.420. The molecule has 0 spiro atoms. The normalized spacial score (nSPS) is 16.4. The van der Waals surface area contributed by atoms with Crippen LogP contribution >= 0.6 is 0 Å². The molecule has 6 heteroatoms. The van der Waals surface area contributed by atoms with Crippen LogP contribution in [0.25, 0.3) is 11.1 Å². The van der Waals surface area contributed by atoms with Crippen LogP contribution in [-0.2, 0) is 10.0 Å². The largest absolute Gasteiger partial charge is 0.364 e. The van der Waals surface area contributed by atoms with Crippen molar-refractivity contribution in [1.82, 2.24) is 9.88 Å². The lowest BCUT2D eigenvalue weighted by Gasteiger charge is -2.14. The van der Waals surface area contributed by atoms with E-state index in [9.17, 15) is 8.42 Å². The molecule has 0 bridgehead atoms. The summed E-state index contributed by atoms with van der Waals surface area (Å²) in [4.78, 5) is 0.327. The highest BCUT2D eigenvalue weighted by Crippen LogP contribution is 2.26. The Balaban J connectivity index is 1.94. The zero-order valence-corrected chi connectivity index (χ0v) is 12.7. The summed E-state index contributed by atoms with van der Waals surface area (Å²) < 4.78 is 32.8. The van der Waals surface area contributed by atoms with E-state index in [0.29, 0.717) is 4.90 Å². The Bertz CT molecular complexity index is 717. The second kappa shape index (κ2) is 5.61. The van der Waals surface area contributed by atoms with Crippen molar-refractivity contribution in [2.75, 3.05) is 0 Å². The van der Waals surface area contributed by atoms with Crippen LogP contribution in [0.4, 0.5) is 0 Å². The summed E-state index contributed by atoms with van der Waals surface area (Å²) in [5.41, 5.74) is 2.29. The Labute approximate surface area is 124 Å². The van der Waals surface area contributed by atoms with Gasteiger partial charge in [0, 0.05) is 11.6 Å². The summed E-state index contributed by atoms with van der Waals surface area (Å²) in [6, 6.07) is 5.43. The Morgan fingerprint density at radius 3 is 2.67 bits per heavy atom. The fourth-order valence-electron chi connectivity index (χ4n) is 2.74.